The van der Waals surface area contributed by atoms with Crippen LogP contribution in [0.1, 0.15) is 6.92 Å². The van der Waals surface area contributed by atoms with Gasteiger partial charge in [-0.3, -0.25) is 9.69 Å². The van der Waals surface area contributed by atoms with Crippen molar-refractivity contribution in [3.8, 4) is 0 Å². The summed E-state index contributed by atoms with van der Waals surface area (Å²) in [5.41, 5.74) is 0. The van der Waals surface area contributed by atoms with Gasteiger partial charge in [0.15, 0.2) is 0 Å². The van der Waals surface area contributed by atoms with Gasteiger partial charge < -0.3 is 4.74 Å². The van der Waals surface area contributed by atoms with E-state index in [1.54, 1.807) is 25.9 Å². The Hall–Kier alpha value is -0.280. The van der Waals surface area contributed by atoms with Gasteiger partial charge in [0.25, 0.3) is 0 Å². The second-order valence-corrected chi connectivity index (χ2v) is 3.30. The second kappa shape index (κ2) is 4.57. The Kier molecular flexibility index (Phi) is 4.45. The topological polar surface area (TPSA) is 29.5 Å². The molecule has 0 rings (SSSR count). The van der Waals surface area contributed by atoms with Crippen molar-refractivity contribution >= 4 is 17.6 Å². The van der Waals surface area contributed by atoms with Crippen molar-refractivity contribution in [2.45, 2.75) is 18.3 Å². The number of esters is 1. The summed E-state index contributed by atoms with van der Waals surface area (Å²) >= 11 is 5.77. The zero-order valence-corrected chi connectivity index (χ0v) is 8.05. The van der Waals surface area contributed by atoms with Gasteiger partial charge in [-0.1, -0.05) is 0 Å². The van der Waals surface area contributed by atoms with Gasteiger partial charge in [-0.2, -0.15) is 0 Å². The van der Waals surface area contributed by atoms with E-state index >= 15 is 0 Å². The third-order valence-corrected chi connectivity index (χ3v) is 1.67. The number of carbonyl (C=O) groups is 1. The molecule has 0 N–H and O–H groups in total. The summed E-state index contributed by atoms with van der Waals surface area (Å²) < 4.78 is 4.57. The predicted molar refractivity (Wildman–Crippen MR) is 44.8 cm³/mol. The first-order valence-corrected chi connectivity index (χ1v) is 3.82. The third kappa shape index (κ3) is 3.08. The quantitative estimate of drug-likeness (QED) is 0.472. The van der Waals surface area contributed by atoms with Gasteiger partial charge in [0, 0.05) is 0 Å². The van der Waals surface area contributed by atoms with Crippen molar-refractivity contribution in [3.05, 3.63) is 0 Å². The fourth-order valence-corrected chi connectivity index (χ4v) is 1.26. The first kappa shape index (κ1) is 10.7. The van der Waals surface area contributed by atoms with Crippen LogP contribution in [0.5, 0.6) is 0 Å². The van der Waals surface area contributed by atoms with E-state index in [4.69, 9.17) is 11.6 Å². The van der Waals surface area contributed by atoms with Gasteiger partial charge in [0.2, 0.25) is 0 Å². The monoisotopic (exact) mass is 179 g/mol. The van der Waals surface area contributed by atoms with Crippen molar-refractivity contribution in [1.29, 1.82) is 0 Å². The molecule has 0 aromatic rings. The highest BCUT2D eigenvalue weighted by Crippen LogP contribution is 2.08. The molecular formula is C7H14ClNO2. The number of likely N-dealkylation sites (N-methyl/N-ethyl adjacent to an activating group) is 1. The van der Waals surface area contributed by atoms with E-state index in [9.17, 15) is 4.79 Å². The standard InChI is InChI=1S/C7H14ClNO2/c1-5(8)6(9(2)3)7(10)11-4/h5-6H,1-4H3/t5-,6+/m1/s1. The number of nitrogens with zero attached hydrogens (tertiary/aromatic N) is 1. The Labute approximate surface area is 72.3 Å². The molecule has 0 saturated carbocycles. The molecule has 0 aliphatic heterocycles. The summed E-state index contributed by atoms with van der Waals surface area (Å²) in [6, 6.07) is -0.360. The molecule has 0 saturated heterocycles. The molecule has 0 heterocycles. The minimum absolute atomic E-state index is 0.238. The lowest BCUT2D eigenvalue weighted by Crippen LogP contribution is -2.42. The largest absolute Gasteiger partial charge is 0.468 e. The van der Waals surface area contributed by atoms with Crippen LogP contribution in [0.25, 0.3) is 0 Å². The smallest absolute Gasteiger partial charge is 0.324 e. The van der Waals surface area contributed by atoms with Crippen molar-refractivity contribution in [2.24, 2.45) is 0 Å². The van der Waals surface area contributed by atoms with Crippen LogP contribution in [-0.2, 0) is 9.53 Å². The Bertz CT molecular complexity index is 128. The molecule has 2 atom stereocenters. The molecule has 11 heavy (non-hydrogen) atoms. The molecule has 4 heteroatoms. The van der Waals surface area contributed by atoms with E-state index in [0.717, 1.165) is 0 Å². The van der Waals surface area contributed by atoms with E-state index in [1.165, 1.54) is 7.11 Å². The number of halogens is 1. The Morgan fingerprint density at radius 3 is 2.09 bits per heavy atom. The number of rotatable bonds is 3. The SMILES string of the molecule is COC(=O)[C@H]([C@@H](C)Cl)N(C)C. The van der Waals surface area contributed by atoms with Gasteiger partial charge in [-0.15, -0.1) is 11.6 Å². The van der Waals surface area contributed by atoms with Crippen molar-refractivity contribution in [1.82, 2.24) is 4.90 Å². The Balaban J connectivity index is 4.22. The van der Waals surface area contributed by atoms with E-state index < -0.39 is 0 Å². The molecule has 66 valence electrons. The van der Waals surface area contributed by atoms with Crippen LogP contribution >= 0.6 is 11.6 Å². The molecule has 0 aliphatic rings. The van der Waals surface area contributed by atoms with Gasteiger partial charge >= 0.3 is 5.97 Å². The summed E-state index contributed by atoms with van der Waals surface area (Å²) in [5.74, 6) is -0.294. The minimum atomic E-state index is -0.360. The van der Waals surface area contributed by atoms with Crippen LogP contribution in [-0.4, -0.2) is 43.5 Å². The highest BCUT2D eigenvalue weighted by molar-refractivity contribution is 6.22. The summed E-state index contributed by atoms with van der Waals surface area (Å²) in [4.78, 5) is 12.8. The average molecular weight is 180 g/mol. The fourth-order valence-electron chi connectivity index (χ4n) is 0.930. The molecule has 0 spiro atoms. The lowest BCUT2D eigenvalue weighted by molar-refractivity contribution is -0.145. The second-order valence-electron chi connectivity index (χ2n) is 2.61. The molecule has 0 unspecified atom stereocenters. The Morgan fingerprint density at radius 2 is 2.00 bits per heavy atom. The minimum Gasteiger partial charge on any atom is -0.468 e. The highest BCUT2D eigenvalue weighted by Gasteiger charge is 2.26. The fraction of sp³-hybridized carbons (Fsp3) is 0.857. The summed E-state index contributed by atoms with van der Waals surface area (Å²) in [5, 5.41) is -0.238. The lowest BCUT2D eigenvalue weighted by Gasteiger charge is -2.23. The molecule has 0 radical (unpaired) electrons. The van der Waals surface area contributed by atoms with E-state index in [2.05, 4.69) is 4.74 Å². The van der Waals surface area contributed by atoms with Gasteiger partial charge in [-0.05, 0) is 21.0 Å². The Morgan fingerprint density at radius 1 is 1.55 bits per heavy atom. The van der Waals surface area contributed by atoms with Crippen molar-refractivity contribution in [3.63, 3.8) is 0 Å². The molecule has 0 amide bonds. The summed E-state index contributed by atoms with van der Waals surface area (Å²) in [6.07, 6.45) is 0. The molecule has 0 aliphatic carbocycles. The molecule has 0 fully saturated rings. The predicted octanol–water partition coefficient (Wildman–Crippen LogP) is 0.717. The molecule has 3 nitrogen and oxygen atoms in total. The van der Waals surface area contributed by atoms with Crippen LogP contribution in [0.3, 0.4) is 0 Å². The normalized spacial score (nSPS) is 16.2. The van der Waals surface area contributed by atoms with Gasteiger partial charge in [0.1, 0.15) is 6.04 Å². The summed E-state index contributed by atoms with van der Waals surface area (Å²) in [6.45, 7) is 1.77. The average Bonchev–Trinajstić information content (AvgIpc) is 1.85. The van der Waals surface area contributed by atoms with E-state index in [0.29, 0.717) is 0 Å². The first-order chi connectivity index (χ1) is 5.00. The molecular weight excluding hydrogens is 166 g/mol. The maximum absolute atomic E-state index is 11.0. The van der Waals surface area contributed by atoms with E-state index in [-0.39, 0.29) is 17.4 Å². The van der Waals surface area contributed by atoms with Crippen molar-refractivity contribution in [2.75, 3.05) is 21.2 Å². The lowest BCUT2D eigenvalue weighted by atomic mass is 10.2. The van der Waals surface area contributed by atoms with Crippen LogP contribution in [0.15, 0.2) is 0 Å². The zero-order chi connectivity index (χ0) is 9.02. The number of hydrogen-bond donors (Lipinski definition) is 0. The summed E-state index contributed by atoms with van der Waals surface area (Å²) in [7, 11) is 4.94. The number of alkyl halides is 1. The van der Waals surface area contributed by atoms with Gasteiger partial charge in [-0.25, -0.2) is 0 Å². The van der Waals surface area contributed by atoms with Crippen LogP contribution in [0, 0.1) is 0 Å². The number of hydrogen-bond acceptors (Lipinski definition) is 3. The maximum atomic E-state index is 11.0. The molecule has 0 aromatic heterocycles. The molecule has 0 aromatic carbocycles. The van der Waals surface area contributed by atoms with Gasteiger partial charge in [0.05, 0.1) is 12.5 Å². The maximum Gasteiger partial charge on any atom is 0.324 e. The van der Waals surface area contributed by atoms with E-state index in [1.807, 2.05) is 0 Å². The highest BCUT2D eigenvalue weighted by atomic mass is 35.5. The van der Waals surface area contributed by atoms with Crippen LogP contribution < -0.4 is 0 Å². The third-order valence-electron chi connectivity index (χ3n) is 1.43. The first-order valence-electron chi connectivity index (χ1n) is 3.39. The number of carbonyl (C=O) groups excluding carboxylic acids is 1. The van der Waals surface area contributed by atoms with Crippen LogP contribution in [0.4, 0.5) is 0 Å². The number of methoxy groups -OCH3 is 1. The number of ether oxygens (including phenoxy) is 1. The van der Waals surface area contributed by atoms with Crippen molar-refractivity contribution < 1.29 is 9.53 Å². The zero-order valence-electron chi connectivity index (χ0n) is 7.30. The molecule has 0 bridgehead atoms. The van der Waals surface area contributed by atoms with Crippen LogP contribution in [0.2, 0.25) is 0 Å².